The summed E-state index contributed by atoms with van der Waals surface area (Å²) in [5.41, 5.74) is 2.99. The third-order valence-corrected chi connectivity index (χ3v) is 8.67. The summed E-state index contributed by atoms with van der Waals surface area (Å²) in [5.74, 6) is -4.51. The maximum atomic E-state index is 13.7. The van der Waals surface area contributed by atoms with Crippen molar-refractivity contribution in [2.45, 2.75) is 36.6 Å². The van der Waals surface area contributed by atoms with E-state index >= 15 is 0 Å². The van der Waals surface area contributed by atoms with Crippen LogP contribution in [0.2, 0.25) is 0 Å². The molecule has 0 radical (unpaired) electrons. The second-order valence-electron chi connectivity index (χ2n) is 8.12. The van der Waals surface area contributed by atoms with Gasteiger partial charge < -0.3 is 14.6 Å². The number of hydroxylamine groups is 1. The summed E-state index contributed by atoms with van der Waals surface area (Å²) in [6, 6.07) is 12.7. The molecule has 1 aliphatic rings. The number of nitrogens with zero attached hydrogens (tertiary/aromatic N) is 1. The Morgan fingerprint density at radius 3 is 2.42 bits per heavy atom. The molecular formula is C24H24N2O8S2. The van der Waals surface area contributed by atoms with E-state index in [1.807, 2.05) is 30.3 Å². The summed E-state index contributed by atoms with van der Waals surface area (Å²) in [6.45, 7) is 0.733. The number of ether oxygens (including phenoxy) is 2. The molecule has 0 saturated heterocycles. The van der Waals surface area contributed by atoms with Crippen molar-refractivity contribution < 1.29 is 37.8 Å². The van der Waals surface area contributed by atoms with E-state index in [1.54, 1.807) is 5.38 Å². The first-order chi connectivity index (χ1) is 17.1. The molecule has 1 aliphatic heterocycles. The van der Waals surface area contributed by atoms with Crippen LogP contribution in [-0.4, -0.2) is 48.1 Å². The number of nitrogens with one attached hydrogen (secondary N) is 1. The standard InChI is InChI=1S/C24H24N2O8S2/c1-15(27)34-24(29)21-17(12-16-6-4-3-5-7-16)14-35-20(21)13-26(22(24)23(28)25-30)36(31,32)19-10-8-18(33-2)9-11-19/h3-11,14,22,29-30H,12-13H2,1-2H3,(H,25,28). The summed E-state index contributed by atoms with van der Waals surface area (Å²) in [4.78, 5) is 25.2. The highest BCUT2D eigenvalue weighted by molar-refractivity contribution is 7.89. The molecule has 12 heteroatoms. The third kappa shape index (κ3) is 4.61. The molecule has 190 valence electrons. The molecule has 3 N–H and O–H groups in total. The number of carbonyl (C=O) groups excluding carboxylic acids is 2. The monoisotopic (exact) mass is 532 g/mol. The fraction of sp³-hybridized carbons (Fsp3) is 0.250. The molecule has 0 saturated carbocycles. The van der Waals surface area contributed by atoms with Crippen molar-refractivity contribution in [1.29, 1.82) is 0 Å². The van der Waals surface area contributed by atoms with Crippen molar-refractivity contribution in [1.82, 2.24) is 9.79 Å². The van der Waals surface area contributed by atoms with E-state index in [0.29, 0.717) is 26.9 Å². The van der Waals surface area contributed by atoms with Gasteiger partial charge in [-0.15, -0.1) is 11.3 Å². The van der Waals surface area contributed by atoms with Crippen molar-refractivity contribution in [3.8, 4) is 5.75 Å². The number of sulfonamides is 1. The number of hydrogen-bond acceptors (Lipinski definition) is 9. The first-order valence-corrected chi connectivity index (χ1v) is 13.1. The van der Waals surface area contributed by atoms with Crippen LogP contribution in [0.4, 0.5) is 0 Å². The van der Waals surface area contributed by atoms with Crippen LogP contribution in [0.25, 0.3) is 0 Å². The Balaban J connectivity index is 1.89. The lowest BCUT2D eigenvalue weighted by atomic mass is 9.88. The second-order valence-corrected chi connectivity index (χ2v) is 11.0. The summed E-state index contributed by atoms with van der Waals surface area (Å²) in [5, 5.41) is 23.0. The lowest BCUT2D eigenvalue weighted by Gasteiger charge is -2.43. The van der Waals surface area contributed by atoms with Crippen molar-refractivity contribution in [2.24, 2.45) is 0 Å². The number of esters is 1. The normalized spacial score (nSPS) is 19.8. The zero-order valence-corrected chi connectivity index (χ0v) is 21.0. The van der Waals surface area contributed by atoms with Crippen LogP contribution in [0, 0.1) is 0 Å². The molecule has 4 rings (SSSR count). The van der Waals surface area contributed by atoms with Crippen molar-refractivity contribution >= 4 is 33.2 Å². The van der Waals surface area contributed by atoms with E-state index in [0.717, 1.165) is 12.5 Å². The van der Waals surface area contributed by atoms with Gasteiger partial charge in [0.1, 0.15) is 5.75 Å². The van der Waals surface area contributed by atoms with E-state index in [1.165, 1.54) is 48.2 Å². The highest BCUT2D eigenvalue weighted by Gasteiger charge is 2.58. The maximum absolute atomic E-state index is 13.7. The van der Waals surface area contributed by atoms with Gasteiger partial charge in [0.15, 0.2) is 6.04 Å². The molecule has 2 unspecified atom stereocenters. The number of thiophene rings is 1. The van der Waals surface area contributed by atoms with E-state index in [-0.39, 0.29) is 17.0 Å². The quantitative estimate of drug-likeness (QED) is 0.182. The topological polar surface area (TPSA) is 142 Å². The fourth-order valence-corrected chi connectivity index (χ4v) is 7.04. The molecule has 2 heterocycles. The maximum Gasteiger partial charge on any atom is 0.305 e. The predicted molar refractivity (Wildman–Crippen MR) is 129 cm³/mol. The first kappa shape index (κ1) is 25.8. The molecule has 36 heavy (non-hydrogen) atoms. The van der Waals surface area contributed by atoms with Crippen molar-refractivity contribution in [2.75, 3.05) is 7.11 Å². The minimum Gasteiger partial charge on any atom is -0.497 e. The van der Waals surface area contributed by atoms with Gasteiger partial charge in [0.05, 0.1) is 18.6 Å². The molecule has 0 aliphatic carbocycles. The molecule has 3 aromatic rings. The minimum absolute atomic E-state index is 0.126. The number of rotatable bonds is 7. The summed E-state index contributed by atoms with van der Waals surface area (Å²) in [7, 11) is -3.00. The Morgan fingerprint density at radius 2 is 1.83 bits per heavy atom. The van der Waals surface area contributed by atoms with Crippen molar-refractivity contribution in [3.63, 3.8) is 0 Å². The highest BCUT2D eigenvalue weighted by Crippen LogP contribution is 2.45. The van der Waals surface area contributed by atoms with Gasteiger partial charge >= 0.3 is 5.97 Å². The molecular weight excluding hydrogens is 508 g/mol. The molecule has 1 amide bonds. The average molecular weight is 533 g/mol. The number of fused-ring (bicyclic) bond motifs is 1. The number of methoxy groups -OCH3 is 1. The van der Waals surface area contributed by atoms with Gasteiger partial charge in [-0.25, -0.2) is 13.9 Å². The Hall–Kier alpha value is -3.29. The summed E-state index contributed by atoms with van der Waals surface area (Å²) >= 11 is 1.17. The van der Waals surface area contributed by atoms with Crippen LogP contribution in [0.5, 0.6) is 5.75 Å². The predicted octanol–water partition coefficient (Wildman–Crippen LogP) is 2.13. The van der Waals surface area contributed by atoms with E-state index in [9.17, 15) is 28.3 Å². The largest absolute Gasteiger partial charge is 0.497 e. The van der Waals surface area contributed by atoms with Gasteiger partial charge in [-0.1, -0.05) is 30.3 Å². The van der Waals surface area contributed by atoms with Crippen LogP contribution in [0.1, 0.15) is 28.5 Å². The van der Waals surface area contributed by atoms with Gasteiger partial charge in [-0.3, -0.25) is 14.8 Å². The summed E-state index contributed by atoms with van der Waals surface area (Å²) in [6.07, 6.45) is 0.328. The fourth-order valence-electron chi connectivity index (χ4n) is 4.30. The molecule has 2 atom stereocenters. The minimum atomic E-state index is -4.43. The van der Waals surface area contributed by atoms with Crippen LogP contribution < -0.4 is 10.2 Å². The van der Waals surface area contributed by atoms with Gasteiger partial charge in [0.25, 0.3) is 11.7 Å². The van der Waals surface area contributed by atoms with Crippen LogP contribution >= 0.6 is 11.3 Å². The molecule has 0 spiro atoms. The molecule has 2 aromatic carbocycles. The number of hydrogen-bond donors (Lipinski definition) is 3. The van der Waals surface area contributed by atoms with Crippen LogP contribution in [0.15, 0.2) is 64.9 Å². The molecule has 0 fully saturated rings. The summed E-state index contributed by atoms with van der Waals surface area (Å²) < 4.78 is 38.4. The number of aliphatic hydroxyl groups is 1. The Bertz CT molecular complexity index is 1370. The smallest absolute Gasteiger partial charge is 0.305 e. The highest BCUT2D eigenvalue weighted by atomic mass is 32.2. The van der Waals surface area contributed by atoms with Gasteiger partial charge in [-0.2, -0.15) is 4.31 Å². The van der Waals surface area contributed by atoms with Crippen LogP contribution in [-0.2, 0) is 43.1 Å². The second kappa shape index (κ2) is 9.99. The number of amides is 1. The van der Waals surface area contributed by atoms with E-state index < -0.39 is 33.7 Å². The zero-order chi connectivity index (χ0) is 26.1. The zero-order valence-electron chi connectivity index (χ0n) is 19.4. The van der Waals surface area contributed by atoms with Crippen LogP contribution in [0.3, 0.4) is 0 Å². The van der Waals surface area contributed by atoms with Gasteiger partial charge in [-0.05, 0) is 47.2 Å². The molecule has 10 nitrogen and oxygen atoms in total. The van der Waals surface area contributed by atoms with Crippen molar-refractivity contribution in [3.05, 3.63) is 81.5 Å². The lowest BCUT2D eigenvalue weighted by molar-refractivity contribution is -0.238. The first-order valence-electron chi connectivity index (χ1n) is 10.8. The SMILES string of the molecule is COc1ccc(S(=O)(=O)N2Cc3scc(Cc4ccccc4)c3C(O)(OC(C)=O)C2C(=O)NO)cc1. The van der Waals surface area contributed by atoms with E-state index in [2.05, 4.69) is 0 Å². The van der Waals surface area contributed by atoms with E-state index in [4.69, 9.17) is 9.47 Å². The third-order valence-electron chi connectivity index (χ3n) is 5.82. The Morgan fingerprint density at radius 1 is 1.17 bits per heavy atom. The lowest BCUT2D eigenvalue weighted by Crippen LogP contribution is -2.63. The average Bonchev–Trinajstić information content (AvgIpc) is 3.27. The number of benzene rings is 2. The van der Waals surface area contributed by atoms with Gasteiger partial charge in [0.2, 0.25) is 10.0 Å². The molecule has 1 aromatic heterocycles. The number of carbonyl (C=O) groups is 2. The Labute approximate surface area is 211 Å². The van der Waals surface area contributed by atoms with Gasteiger partial charge in [0, 0.05) is 17.4 Å². The molecule has 0 bridgehead atoms. The Kier molecular flexibility index (Phi) is 7.16.